The van der Waals surface area contributed by atoms with Gasteiger partial charge in [0.15, 0.2) is 0 Å². The number of amides is 4. The Hall–Kier alpha value is -1.24. The number of carbonyl (C=O) groups is 3. The number of thioether (sulfide) groups is 1. The fourth-order valence-corrected chi connectivity index (χ4v) is 4.63. The molecule has 1 N–H and O–H groups in total. The maximum absolute atomic E-state index is 12.5. The van der Waals surface area contributed by atoms with Crippen LogP contribution in [0, 0.1) is 5.92 Å². The SMILES string of the molecule is C[C@H]1CCCN(C(=O)CN2C(=O)N[C@]3(CCSC3)C2=O)C1. The van der Waals surface area contributed by atoms with Crippen LogP contribution in [-0.2, 0) is 9.59 Å². The lowest BCUT2D eigenvalue weighted by Crippen LogP contribution is -2.49. The minimum Gasteiger partial charge on any atom is -0.341 e. The molecule has 2 atom stereocenters. The highest BCUT2D eigenvalue weighted by Crippen LogP contribution is 2.33. The van der Waals surface area contributed by atoms with Crippen LogP contribution in [0.2, 0.25) is 0 Å². The first kappa shape index (κ1) is 14.7. The average Bonchev–Trinajstić information content (AvgIpc) is 3.00. The van der Waals surface area contributed by atoms with Crippen molar-refractivity contribution in [3.8, 4) is 0 Å². The van der Waals surface area contributed by atoms with Crippen LogP contribution in [-0.4, -0.2) is 64.3 Å². The molecule has 1 spiro atoms. The number of hydrogen-bond acceptors (Lipinski definition) is 4. The first-order valence-electron chi connectivity index (χ1n) is 7.51. The summed E-state index contributed by atoms with van der Waals surface area (Å²) in [5.41, 5.74) is -0.753. The van der Waals surface area contributed by atoms with Gasteiger partial charge < -0.3 is 10.2 Å². The molecule has 3 aliphatic heterocycles. The maximum atomic E-state index is 12.5. The van der Waals surface area contributed by atoms with Crippen LogP contribution in [0.4, 0.5) is 4.79 Å². The number of urea groups is 1. The fourth-order valence-electron chi connectivity index (χ4n) is 3.30. The number of rotatable bonds is 2. The maximum Gasteiger partial charge on any atom is 0.325 e. The lowest BCUT2D eigenvalue weighted by atomic mass is 9.99. The van der Waals surface area contributed by atoms with Crippen molar-refractivity contribution in [2.24, 2.45) is 5.92 Å². The van der Waals surface area contributed by atoms with Crippen LogP contribution < -0.4 is 5.32 Å². The van der Waals surface area contributed by atoms with E-state index in [1.165, 1.54) is 0 Å². The van der Waals surface area contributed by atoms with Crippen molar-refractivity contribution in [3.63, 3.8) is 0 Å². The third-order valence-electron chi connectivity index (χ3n) is 4.57. The van der Waals surface area contributed by atoms with Gasteiger partial charge >= 0.3 is 6.03 Å². The molecule has 116 valence electrons. The van der Waals surface area contributed by atoms with Gasteiger partial charge in [-0.25, -0.2) is 4.79 Å². The summed E-state index contributed by atoms with van der Waals surface area (Å²) in [6.45, 7) is 3.46. The van der Waals surface area contributed by atoms with Gasteiger partial charge in [-0.1, -0.05) is 6.92 Å². The first-order valence-corrected chi connectivity index (χ1v) is 8.67. The van der Waals surface area contributed by atoms with E-state index < -0.39 is 11.6 Å². The van der Waals surface area contributed by atoms with Crippen LogP contribution in [0.15, 0.2) is 0 Å². The Balaban J connectivity index is 1.65. The van der Waals surface area contributed by atoms with E-state index in [-0.39, 0.29) is 18.4 Å². The highest BCUT2D eigenvalue weighted by Gasteiger charge is 2.53. The van der Waals surface area contributed by atoms with E-state index in [2.05, 4.69) is 12.2 Å². The molecule has 3 saturated heterocycles. The van der Waals surface area contributed by atoms with Gasteiger partial charge in [0.25, 0.3) is 5.91 Å². The number of imide groups is 1. The normalized spacial score (nSPS) is 32.9. The van der Waals surface area contributed by atoms with Crippen molar-refractivity contribution in [3.05, 3.63) is 0 Å². The van der Waals surface area contributed by atoms with Crippen LogP contribution in [0.25, 0.3) is 0 Å². The molecule has 0 radical (unpaired) electrons. The molecule has 0 unspecified atom stereocenters. The second-order valence-electron chi connectivity index (χ2n) is 6.29. The fraction of sp³-hybridized carbons (Fsp3) is 0.786. The Morgan fingerprint density at radius 1 is 1.48 bits per heavy atom. The van der Waals surface area contributed by atoms with E-state index in [1.807, 2.05) is 0 Å². The Morgan fingerprint density at radius 2 is 2.29 bits per heavy atom. The number of carbonyl (C=O) groups excluding carboxylic acids is 3. The second kappa shape index (κ2) is 5.51. The minimum absolute atomic E-state index is 0.118. The molecule has 6 nitrogen and oxygen atoms in total. The summed E-state index contributed by atoms with van der Waals surface area (Å²) < 4.78 is 0. The molecule has 0 aromatic carbocycles. The Bertz CT molecular complexity index is 476. The third-order valence-corrected chi connectivity index (χ3v) is 5.76. The largest absolute Gasteiger partial charge is 0.341 e. The molecule has 0 saturated carbocycles. The average molecular weight is 311 g/mol. The molecule has 3 rings (SSSR count). The number of hydrogen-bond donors (Lipinski definition) is 1. The van der Waals surface area contributed by atoms with E-state index in [0.29, 0.717) is 18.1 Å². The molecule has 3 fully saturated rings. The lowest BCUT2D eigenvalue weighted by molar-refractivity contribution is -0.139. The summed E-state index contributed by atoms with van der Waals surface area (Å²) in [6.07, 6.45) is 2.79. The van der Waals surface area contributed by atoms with Gasteiger partial charge in [0.1, 0.15) is 12.1 Å². The Morgan fingerprint density at radius 3 is 2.95 bits per heavy atom. The van der Waals surface area contributed by atoms with Gasteiger partial charge in [-0.15, -0.1) is 0 Å². The molecule has 4 amide bonds. The van der Waals surface area contributed by atoms with E-state index in [0.717, 1.165) is 36.6 Å². The topological polar surface area (TPSA) is 69.7 Å². The summed E-state index contributed by atoms with van der Waals surface area (Å²) in [5.74, 6) is 1.63. The number of nitrogens with one attached hydrogen (secondary N) is 1. The van der Waals surface area contributed by atoms with Crippen LogP contribution in [0.5, 0.6) is 0 Å². The molecule has 0 bridgehead atoms. The lowest BCUT2D eigenvalue weighted by Gasteiger charge is -2.31. The first-order chi connectivity index (χ1) is 10.0. The molecule has 0 aromatic rings. The molecule has 0 aliphatic carbocycles. The standard InChI is InChI=1S/C14H21N3O3S/c1-10-3-2-5-16(7-10)11(18)8-17-12(19)14(15-13(17)20)4-6-21-9-14/h10H,2-9H2,1H3,(H,15,20)/t10-,14-/m0/s1. The number of piperidine rings is 1. The van der Waals surface area contributed by atoms with Crippen molar-refractivity contribution < 1.29 is 14.4 Å². The predicted molar refractivity (Wildman–Crippen MR) is 79.9 cm³/mol. The summed E-state index contributed by atoms with van der Waals surface area (Å²) in [5, 5.41) is 2.79. The van der Waals surface area contributed by atoms with Crippen molar-refractivity contribution >= 4 is 29.6 Å². The summed E-state index contributed by atoms with van der Waals surface area (Å²) >= 11 is 1.67. The summed E-state index contributed by atoms with van der Waals surface area (Å²) in [7, 11) is 0. The van der Waals surface area contributed by atoms with Crippen molar-refractivity contribution in [1.82, 2.24) is 15.1 Å². The zero-order chi connectivity index (χ0) is 15.0. The van der Waals surface area contributed by atoms with Crippen molar-refractivity contribution in [2.45, 2.75) is 31.7 Å². The smallest absolute Gasteiger partial charge is 0.325 e. The number of nitrogens with zero attached hydrogens (tertiary/aromatic N) is 2. The van der Waals surface area contributed by atoms with Gasteiger partial charge in [-0.2, -0.15) is 11.8 Å². The number of likely N-dealkylation sites (tertiary alicyclic amines) is 1. The Kier molecular flexibility index (Phi) is 3.86. The van der Waals surface area contributed by atoms with Gasteiger partial charge in [0.2, 0.25) is 5.91 Å². The van der Waals surface area contributed by atoms with Gasteiger partial charge in [-0.3, -0.25) is 14.5 Å². The molecule has 7 heteroatoms. The van der Waals surface area contributed by atoms with E-state index in [4.69, 9.17) is 0 Å². The third kappa shape index (κ3) is 2.63. The van der Waals surface area contributed by atoms with E-state index in [1.54, 1.807) is 16.7 Å². The zero-order valence-electron chi connectivity index (χ0n) is 12.3. The van der Waals surface area contributed by atoms with Crippen molar-refractivity contribution in [2.75, 3.05) is 31.1 Å². The minimum atomic E-state index is -0.753. The van der Waals surface area contributed by atoms with Crippen LogP contribution in [0.1, 0.15) is 26.2 Å². The monoisotopic (exact) mass is 311 g/mol. The van der Waals surface area contributed by atoms with E-state index in [9.17, 15) is 14.4 Å². The van der Waals surface area contributed by atoms with Crippen LogP contribution in [0.3, 0.4) is 0 Å². The van der Waals surface area contributed by atoms with Gasteiger partial charge in [-0.05, 0) is 30.9 Å². The molecule has 0 aromatic heterocycles. The van der Waals surface area contributed by atoms with Crippen LogP contribution >= 0.6 is 11.8 Å². The second-order valence-corrected chi connectivity index (χ2v) is 7.40. The molecule has 3 heterocycles. The highest BCUT2D eigenvalue weighted by molar-refractivity contribution is 7.99. The molecule has 21 heavy (non-hydrogen) atoms. The molecule has 3 aliphatic rings. The summed E-state index contributed by atoms with van der Waals surface area (Å²) in [4.78, 5) is 39.7. The van der Waals surface area contributed by atoms with Crippen molar-refractivity contribution in [1.29, 1.82) is 0 Å². The zero-order valence-corrected chi connectivity index (χ0v) is 13.1. The van der Waals surface area contributed by atoms with Gasteiger partial charge in [0, 0.05) is 18.8 Å². The molecular formula is C14H21N3O3S. The Labute approximate surface area is 128 Å². The van der Waals surface area contributed by atoms with Gasteiger partial charge in [0.05, 0.1) is 0 Å². The predicted octanol–water partition coefficient (Wildman–Crippen LogP) is 0.672. The highest BCUT2D eigenvalue weighted by atomic mass is 32.2. The summed E-state index contributed by atoms with van der Waals surface area (Å²) in [6, 6.07) is -0.416. The molecular weight excluding hydrogens is 290 g/mol. The quantitative estimate of drug-likeness (QED) is 0.761. The van der Waals surface area contributed by atoms with E-state index >= 15 is 0 Å².